The van der Waals surface area contributed by atoms with Crippen LogP contribution in [0.1, 0.15) is 40.6 Å². The van der Waals surface area contributed by atoms with Crippen molar-refractivity contribution in [3.8, 4) is 0 Å². The summed E-state index contributed by atoms with van der Waals surface area (Å²) in [5.74, 6) is -1.70. The molecule has 5 nitrogen and oxygen atoms in total. The van der Waals surface area contributed by atoms with Crippen molar-refractivity contribution in [3.05, 3.63) is 113 Å². The maximum Gasteiger partial charge on any atom is 0.339 e. The number of cyclic esters (lactones) is 2. The topological polar surface area (TPSA) is 49.9 Å². The van der Waals surface area contributed by atoms with Gasteiger partial charge in [0.25, 0.3) is 0 Å². The zero-order valence-corrected chi connectivity index (χ0v) is 19.2. The predicted molar refractivity (Wildman–Crippen MR) is 130 cm³/mol. The Kier molecular flexibility index (Phi) is 4.80. The molecule has 3 aliphatic rings. The van der Waals surface area contributed by atoms with Gasteiger partial charge in [0.15, 0.2) is 6.04 Å². The van der Waals surface area contributed by atoms with Gasteiger partial charge in [0.05, 0.1) is 11.7 Å². The van der Waals surface area contributed by atoms with Crippen LogP contribution in [0.5, 0.6) is 0 Å². The Hall–Kier alpha value is -3.86. The van der Waals surface area contributed by atoms with Gasteiger partial charge in [0.2, 0.25) is 0 Å². The zero-order valence-electron chi connectivity index (χ0n) is 19.2. The third-order valence-electron chi connectivity index (χ3n) is 7.25. The van der Waals surface area contributed by atoms with E-state index >= 15 is 0 Å². The van der Waals surface area contributed by atoms with E-state index in [1.807, 2.05) is 42.3 Å². The number of carbonyl (C=O) groups excluding carboxylic acids is 2. The number of para-hydroxylation sites is 1. The maximum atomic E-state index is 13.1. The molecular weight excluding hydrogens is 424 g/mol. The fraction of sp³-hybridized carbons (Fsp3) is 0.241. The van der Waals surface area contributed by atoms with E-state index in [2.05, 4.69) is 66.5 Å². The van der Waals surface area contributed by atoms with Crippen molar-refractivity contribution in [2.75, 3.05) is 5.01 Å². The summed E-state index contributed by atoms with van der Waals surface area (Å²) in [6, 6.07) is 26.2. The second-order valence-corrected chi connectivity index (χ2v) is 9.46. The highest BCUT2D eigenvalue weighted by molar-refractivity contribution is 6.00. The smallest absolute Gasteiger partial charge is 0.339 e. The summed E-state index contributed by atoms with van der Waals surface area (Å²) in [6.45, 7) is 4.12. The number of ether oxygens (including phenoxy) is 1. The number of hydrogen-bond acceptors (Lipinski definition) is 5. The average Bonchev–Trinajstić information content (AvgIpc) is 3.37. The molecule has 0 saturated carbocycles. The second-order valence-electron chi connectivity index (χ2n) is 9.46. The Morgan fingerprint density at radius 1 is 0.735 bits per heavy atom. The van der Waals surface area contributed by atoms with Crippen molar-refractivity contribution in [1.82, 2.24) is 5.01 Å². The molecule has 4 atom stereocenters. The van der Waals surface area contributed by atoms with Gasteiger partial charge < -0.3 is 4.74 Å². The number of carbonyl (C=O) groups is 2. The molecule has 3 aliphatic heterocycles. The first-order valence-corrected chi connectivity index (χ1v) is 11.7. The average molecular weight is 451 g/mol. The van der Waals surface area contributed by atoms with Gasteiger partial charge in [-0.05, 0) is 37.1 Å². The standard InChI is InChI=1S/C29H26N2O3/c1-18-8-12-20(13-9-18)24-16-23-17-25(21-14-10-19(2)11-15-21)30(22-6-4-3-5-7-22)31(23)27-26(24)28(32)34-29(27)33/h3-16,24-27H,17H2,1-2H3. The van der Waals surface area contributed by atoms with Crippen LogP contribution in [-0.2, 0) is 14.3 Å². The van der Waals surface area contributed by atoms with Crippen LogP contribution >= 0.6 is 0 Å². The molecule has 0 amide bonds. The number of hydrazine groups is 1. The maximum absolute atomic E-state index is 13.1. The lowest BCUT2D eigenvalue weighted by atomic mass is 9.78. The molecule has 3 aromatic rings. The second kappa shape index (κ2) is 7.87. The number of aryl methyl sites for hydroxylation is 2. The van der Waals surface area contributed by atoms with Crippen LogP contribution < -0.4 is 5.01 Å². The molecule has 3 aromatic carbocycles. The monoisotopic (exact) mass is 450 g/mol. The number of hydrogen-bond donors (Lipinski definition) is 0. The highest BCUT2D eigenvalue weighted by Crippen LogP contribution is 2.51. The summed E-state index contributed by atoms with van der Waals surface area (Å²) < 4.78 is 5.25. The van der Waals surface area contributed by atoms with Gasteiger partial charge >= 0.3 is 11.9 Å². The number of nitrogens with zero attached hydrogens (tertiary/aromatic N) is 2. The molecule has 5 heteroatoms. The highest BCUT2D eigenvalue weighted by atomic mass is 16.6. The summed E-state index contributed by atoms with van der Waals surface area (Å²) in [5.41, 5.74) is 6.60. The summed E-state index contributed by atoms with van der Waals surface area (Å²) >= 11 is 0. The molecular formula is C29H26N2O3. The number of fused-ring (bicyclic) bond motifs is 3. The van der Waals surface area contributed by atoms with Crippen LogP contribution in [0.2, 0.25) is 0 Å². The fourth-order valence-corrected chi connectivity index (χ4v) is 5.56. The number of allylic oxidation sites excluding steroid dienone is 1. The zero-order chi connectivity index (χ0) is 23.4. The van der Waals surface area contributed by atoms with Crippen LogP contribution in [-0.4, -0.2) is 23.0 Å². The fourth-order valence-electron chi connectivity index (χ4n) is 5.56. The quantitative estimate of drug-likeness (QED) is 0.404. The summed E-state index contributed by atoms with van der Waals surface area (Å²) in [7, 11) is 0. The minimum Gasteiger partial charge on any atom is -0.391 e. The van der Waals surface area contributed by atoms with Crippen LogP contribution in [0.4, 0.5) is 5.69 Å². The van der Waals surface area contributed by atoms with Crippen LogP contribution in [0.15, 0.2) is 90.6 Å². The molecule has 0 spiro atoms. The van der Waals surface area contributed by atoms with E-state index in [1.165, 1.54) is 11.1 Å². The first kappa shape index (κ1) is 20.7. The van der Waals surface area contributed by atoms with Crippen molar-refractivity contribution in [1.29, 1.82) is 0 Å². The molecule has 34 heavy (non-hydrogen) atoms. The van der Waals surface area contributed by atoms with Gasteiger partial charge in [-0.15, -0.1) is 0 Å². The van der Waals surface area contributed by atoms with Gasteiger partial charge in [-0.1, -0.05) is 83.9 Å². The first-order valence-electron chi connectivity index (χ1n) is 11.7. The Labute approximate surface area is 199 Å². The first-order chi connectivity index (χ1) is 16.5. The van der Waals surface area contributed by atoms with Crippen LogP contribution in [0.3, 0.4) is 0 Å². The van der Waals surface area contributed by atoms with E-state index in [9.17, 15) is 9.59 Å². The van der Waals surface area contributed by atoms with Crippen LogP contribution in [0.25, 0.3) is 0 Å². The lowest BCUT2D eigenvalue weighted by Crippen LogP contribution is -2.52. The third-order valence-corrected chi connectivity index (χ3v) is 7.25. The highest BCUT2D eigenvalue weighted by Gasteiger charge is 2.58. The third kappa shape index (κ3) is 3.23. The summed E-state index contributed by atoms with van der Waals surface area (Å²) in [6.07, 6.45) is 2.92. The molecule has 4 unspecified atom stereocenters. The molecule has 0 N–H and O–H groups in total. The number of benzene rings is 3. The summed E-state index contributed by atoms with van der Waals surface area (Å²) in [4.78, 5) is 26.1. The van der Waals surface area contributed by atoms with Gasteiger partial charge in [-0.2, -0.15) is 0 Å². The largest absolute Gasteiger partial charge is 0.391 e. The predicted octanol–water partition coefficient (Wildman–Crippen LogP) is 5.22. The molecule has 2 saturated heterocycles. The van der Waals surface area contributed by atoms with E-state index in [1.54, 1.807) is 0 Å². The Morgan fingerprint density at radius 3 is 2.00 bits per heavy atom. The van der Waals surface area contributed by atoms with Crippen molar-refractivity contribution in [2.24, 2.45) is 5.92 Å². The van der Waals surface area contributed by atoms with Crippen molar-refractivity contribution >= 4 is 17.6 Å². The molecule has 0 aromatic heterocycles. The Balaban J connectivity index is 1.51. The van der Waals surface area contributed by atoms with Crippen molar-refractivity contribution < 1.29 is 14.3 Å². The molecule has 3 heterocycles. The van der Waals surface area contributed by atoms with Gasteiger partial charge in [0.1, 0.15) is 5.92 Å². The number of rotatable bonds is 3. The van der Waals surface area contributed by atoms with Gasteiger partial charge in [-0.25, -0.2) is 4.79 Å². The molecule has 6 rings (SSSR count). The normalized spacial score (nSPS) is 25.6. The molecule has 0 bridgehead atoms. The molecule has 2 fully saturated rings. The van der Waals surface area contributed by atoms with Crippen molar-refractivity contribution in [3.63, 3.8) is 0 Å². The summed E-state index contributed by atoms with van der Waals surface area (Å²) in [5, 5.41) is 4.21. The van der Waals surface area contributed by atoms with Gasteiger partial charge in [0, 0.05) is 18.0 Å². The number of esters is 2. The lowest BCUT2D eigenvalue weighted by molar-refractivity contribution is -0.153. The van der Waals surface area contributed by atoms with E-state index < -0.39 is 23.9 Å². The van der Waals surface area contributed by atoms with E-state index in [0.29, 0.717) is 0 Å². The molecule has 0 aliphatic carbocycles. The SMILES string of the molecule is Cc1ccc(C2C=C3CC(c4ccc(C)cc4)N(c4ccccc4)N3C3C(=O)OC(=O)C23)cc1. The molecule has 0 radical (unpaired) electrons. The Bertz CT molecular complexity index is 1280. The van der Waals surface area contributed by atoms with E-state index in [4.69, 9.17) is 4.74 Å². The van der Waals surface area contributed by atoms with E-state index in [-0.39, 0.29) is 12.0 Å². The minimum absolute atomic E-state index is 0.00942. The molecule has 170 valence electrons. The minimum atomic E-state index is -0.686. The lowest BCUT2D eigenvalue weighted by Gasteiger charge is -2.43. The number of anilines is 1. The van der Waals surface area contributed by atoms with Crippen LogP contribution in [0, 0.1) is 19.8 Å². The van der Waals surface area contributed by atoms with E-state index in [0.717, 1.165) is 28.9 Å². The van der Waals surface area contributed by atoms with Gasteiger partial charge in [-0.3, -0.25) is 14.8 Å². The van der Waals surface area contributed by atoms with Crippen molar-refractivity contribution in [2.45, 2.75) is 38.3 Å². The Morgan fingerprint density at radius 2 is 1.35 bits per heavy atom.